The van der Waals surface area contributed by atoms with Crippen molar-refractivity contribution in [2.45, 2.75) is 210 Å². The maximum Gasteiger partial charge on any atom is -0.00928 e. The topological polar surface area (TPSA) is 0 Å². The van der Waals surface area contributed by atoms with Crippen LogP contribution in [0.2, 0.25) is 0 Å². The molecule has 0 saturated heterocycles. The van der Waals surface area contributed by atoms with E-state index in [1.165, 1.54) is 145 Å². The molecule has 0 spiro atoms. The van der Waals surface area contributed by atoms with Gasteiger partial charge in [0.25, 0.3) is 0 Å². The molecule has 0 bridgehead atoms. The van der Waals surface area contributed by atoms with Gasteiger partial charge in [-0.2, -0.15) is 0 Å². The van der Waals surface area contributed by atoms with E-state index in [4.69, 9.17) is 0 Å². The van der Waals surface area contributed by atoms with Gasteiger partial charge in [-0.1, -0.05) is 229 Å². The van der Waals surface area contributed by atoms with Gasteiger partial charge < -0.3 is 0 Å². The highest BCUT2D eigenvalue weighted by molar-refractivity contribution is 6.08. The quantitative estimate of drug-likeness (QED) is 0.0964. The summed E-state index contributed by atoms with van der Waals surface area (Å²) in [4.78, 5) is 0. The number of benzene rings is 6. The monoisotopic (exact) mass is 883 g/mol. The molecule has 2 atom stereocenters. The lowest BCUT2D eigenvalue weighted by molar-refractivity contribution is 0.449. The van der Waals surface area contributed by atoms with Gasteiger partial charge in [0.05, 0.1) is 0 Å². The fraction of sp³-hybridized carbons (Fsp3) is 0.515. The Kier molecular flexibility index (Phi) is 15.7. The second kappa shape index (κ2) is 20.2. The minimum atomic E-state index is 0.00380. The molecule has 0 nitrogen and oxygen atoms in total. The van der Waals surface area contributed by atoms with Gasteiger partial charge in [0.15, 0.2) is 0 Å². The summed E-state index contributed by atoms with van der Waals surface area (Å²) in [6, 6.07) is 35.2. The van der Waals surface area contributed by atoms with Crippen molar-refractivity contribution >= 4 is 21.5 Å². The van der Waals surface area contributed by atoms with E-state index in [0.29, 0.717) is 11.8 Å². The molecule has 6 rings (SSSR count). The third-order valence-electron chi connectivity index (χ3n) is 15.2. The fourth-order valence-corrected chi connectivity index (χ4v) is 10.3. The van der Waals surface area contributed by atoms with E-state index in [0.717, 1.165) is 12.8 Å². The van der Waals surface area contributed by atoms with Crippen LogP contribution in [-0.2, 0) is 34.5 Å². The van der Waals surface area contributed by atoms with E-state index in [-0.39, 0.29) is 21.7 Å². The Morgan fingerprint density at radius 3 is 1.27 bits per heavy atom. The molecule has 0 heteroatoms. The van der Waals surface area contributed by atoms with Crippen molar-refractivity contribution in [3.05, 3.63) is 129 Å². The first kappa shape index (κ1) is 51.2. The van der Waals surface area contributed by atoms with Gasteiger partial charge in [-0.15, -0.1) is 0 Å². The van der Waals surface area contributed by atoms with Crippen molar-refractivity contribution in [3.8, 4) is 33.4 Å². The van der Waals surface area contributed by atoms with Crippen molar-refractivity contribution in [1.82, 2.24) is 0 Å². The molecular formula is C66H90. The van der Waals surface area contributed by atoms with Crippen molar-refractivity contribution in [2.24, 2.45) is 11.8 Å². The first-order valence-corrected chi connectivity index (χ1v) is 26.3. The molecule has 0 aromatic heterocycles. The summed E-state index contributed by atoms with van der Waals surface area (Å²) >= 11 is 0. The SMILES string of the molecule is CCCCC(CC)Cc1cc(-c2cc(-c3cc(C(C)(C)C)cc(C(C)(C)C)c3)c3cc(C)cc(-c4cc(C(C)(C)C)cc(C(C)(C)C)c4)c3c2)cc2c(CC(CC)CCCC)c(C)ccc12. The lowest BCUT2D eigenvalue weighted by atomic mass is 9.77. The molecule has 0 aliphatic heterocycles. The van der Waals surface area contributed by atoms with Crippen molar-refractivity contribution in [3.63, 3.8) is 0 Å². The highest BCUT2D eigenvalue weighted by Gasteiger charge is 2.26. The number of hydrogen-bond acceptors (Lipinski definition) is 0. The van der Waals surface area contributed by atoms with Crippen LogP contribution in [0, 0.1) is 25.7 Å². The summed E-state index contributed by atoms with van der Waals surface area (Å²) < 4.78 is 0. The molecule has 0 fully saturated rings. The maximum atomic E-state index is 2.62. The third kappa shape index (κ3) is 11.7. The zero-order valence-corrected chi connectivity index (χ0v) is 45.3. The first-order chi connectivity index (χ1) is 30.9. The molecule has 66 heavy (non-hydrogen) atoms. The highest BCUT2D eigenvalue weighted by Crippen LogP contribution is 2.45. The highest BCUT2D eigenvalue weighted by atomic mass is 14.3. The predicted octanol–water partition coefficient (Wildman–Crippen LogP) is 20.3. The van der Waals surface area contributed by atoms with Crippen molar-refractivity contribution in [1.29, 1.82) is 0 Å². The van der Waals surface area contributed by atoms with E-state index in [1.807, 2.05) is 0 Å². The normalized spacial score (nSPS) is 13.8. The molecule has 354 valence electrons. The van der Waals surface area contributed by atoms with Gasteiger partial charge in [0, 0.05) is 0 Å². The molecule has 0 N–H and O–H groups in total. The van der Waals surface area contributed by atoms with Crippen LogP contribution in [-0.4, -0.2) is 0 Å². The molecule has 0 saturated carbocycles. The Hall–Kier alpha value is -4.16. The summed E-state index contributed by atoms with van der Waals surface area (Å²) in [5, 5.41) is 5.62. The standard InChI is InChI=1S/C66H90/c1-19-23-25-45(21-3)31-49-33-47(39-61-56(49)28-27-44(6)57(61)32-46(22-4)26-24-20-2)48-38-59(51-36-54(65(13,14)15)42-55(37-51)66(16,17)18)60-30-43(5)29-58(62(60)40-48)50-34-52(63(7,8)9)41-53(35-50)64(10,11)12/h27-30,33-42,45-46H,19-26,31-32H2,1-18H3. The average molecular weight is 883 g/mol. The van der Waals surface area contributed by atoms with Crippen molar-refractivity contribution in [2.75, 3.05) is 0 Å². The summed E-state index contributed by atoms with van der Waals surface area (Å²) in [6.45, 7) is 42.6. The Morgan fingerprint density at radius 1 is 0.394 bits per heavy atom. The minimum Gasteiger partial charge on any atom is -0.0654 e. The van der Waals surface area contributed by atoms with Crippen LogP contribution in [0.5, 0.6) is 0 Å². The second-order valence-electron chi connectivity index (χ2n) is 24.9. The summed E-state index contributed by atoms with van der Waals surface area (Å²) in [5.41, 5.74) is 19.4. The number of rotatable bonds is 15. The predicted molar refractivity (Wildman–Crippen MR) is 296 cm³/mol. The third-order valence-corrected chi connectivity index (χ3v) is 15.2. The van der Waals surface area contributed by atoms with Gasteiger partial charge in [-0.25, -0.2) is 0 Å². The van der Waals surface area contributed by atoms with Crippen LogP contribution in [0.1, 0.15) is 207 Å². The molecule has 6 aromatic carbocycles. The zero-order valence-electron chi connectivity index (χ0n) is 45.3. The Morgan fingerprint density at radius 2 is 0.818 bits per heavy atom. The Bertz CT molecular complexity index is 2570. The van der Waals surface area contributed by atoms with E-state index in [1.54, 1.807) is 5.56 Å². The second-order valence-corrected chi connectivity index (χ2v) is 24.9. The summed E-state index contributed by atoms with van der Waals surface area (Å²) in [5.74, 6) is 1.37. The van der Waals surface area contributed by atoms with Crippen LogP contribution >= 0.6 is 0 Å². The molecular weight excluding hydrogens is 793 g/mol. The smallest absolute Gasteiger partial charge is 0.00928 e. The first-order valence-electron chi connectivity index (χ1n) is 26.3. The summed E-state index contributed by atoms with van der Waals surface area (Å²) in [6.07, 6.45) is 12.4. The lowest BCUT2D eigenvalue weighted by Gasteiger charge is -2.27. The van der Waals surface area contributed by atoms with Gasteiger partial charge in [0.1, 0.15) is 0 Å². The van der Waals surface area contributed by atoms with E-state index < -0.39 is 0 Å². The van der Waals surface area contributed by atoms with E-state index >= 15 is 0 Å². The van der Waals surface area contributed by atoms with Crippen LogP contribution in [0.4, 0.5) is 0 Å². The number of hydrogen-bond donors (Lipinski definition) is 0. The molecule has 0 radical (unpaired) electrons. The molecule has 2 unspecified atom stereocenters. The minimum absolute atomic E-state index is 0.00380. The Labute approximate surface area is 404 Å². The number of aryl methyl sites for hydroxylation is 2. The zero-order chi connectivity index (χ0) is 48.5. The maximum absolute atomic E-state index is 2.62. The van der Waals surface area contributed by atoms with Crippen LogP contribution in [0.25, 0.3) is 54.9 Å². The fourth-order valence-electron chi connectivity index (χ4n) is 10.3. The van der Waals surface area contributed by atoms with Crippen LogP contribution in [0.3, 0.4) is 0 Å². The molecule has 0 aliphatic rings. The molecule has 0 amide bonds. The summed E-state index contributed by atoms with van der Waals surface area (Å²) in [7, 11) is 0. The van der Waals surface area contributed by atoms with Crippen LogP contribution < -0.4 is 0 Å². The molecule has 6 aromatic rings. The van der Waals surface area contributed by atoms with E-state index in [9.17, 15) is 0 Å². The lowest BCUT2D eigenvalue weighted by Crippen LogP contribution is -2.16. The average Bonchev–Trinajstić information content (AvgIpc) is 3.24. The van der Waals surface area contributed by atoms with Gasteiger partial charge in [-0.3, -0.25) is 0 Å². The van der Waals surface area contributed by atoms with Gasteiger partial charge >= 0.3 is 0 Å². The number of unbranched alkanes of at least 4 members (excludes halogenated alkanes) is 2. The van der Waals surface area contributed by atoms with Crippen molar-refractivity contribution < 1.29 is 0 Å². The largest absolute Gasteiger partial charge is 0.0654 e. The van der Waals surface area contributed by atoms with Crippen LogP contribution in [0.15, 0.2) is 84.9 Å². The van der Waals surface area contributed by atoms with Gasteiger partial charge in [-0.05, 0) is 178 Å². The van der Waals surface area contributed by atoms with Gasteiger partial charge in [0.2, 0.25) is 0 Å². The Balaban J connectivity index is 1.78. The number of fused-ring (bicyclic) bond motifs is 2. The molecule has 0 heterocycles. The molecule has 0 aliphatic carbocycles. The van der Waals surface area contributed by atoms with E-state index in [2.05, 4.69) is 210 Å².